The van der Waals surface area contributed by atoms with Crippen LogP contribution in [0.1, 0.15) is 0 Å². The third-order valence-electron chi connectivity index (χ3n) is 2.07. The zero-order valence-corrected chi connectivity index (χ0v) is 6.36. The SMILES string of the molecule is c1cc2ccc3cc[nH]c3n2n1. The molecule has 58 valence electrons. The van der Waals surface area contributed by atoms with E-state index in [-0.39, 0.29) is 0 Å². The number of rotatable bonds is 0. The zero-order chi connectivity index (χ0) is 7.97. The van der Waals surface area contributed by atoms with Crippen LogP contribution in [0.5, 0.6) is 0 Å². The van der Waals surface area contributed by atoms with Crippen molar-refractivity contribution in [2.75, 3.05) is 0 Å². The standard InChI is InChI=1S/C9H7N3/c1-2-8-4-6-11-12(8)9-7(1)3-5-10-9/h1-6,10H. The lowest BCUT2D eigenvalue weighted by Gasteiger charge is -1.94. The summed E-state index contributed by atoms with van der Waals surface area (Å²) in [4.78, 5) is 3.15. The molecule has 0 saturated heterocycles. The third-order valence-corrected chi connectivity index (χ3v) is 2.07. The first-order valence-corrected chi connectivity index (χ1v) is 3.85. The molecule has 0 amide bonds. The first-order valence-electron chi connectivity index (χ1n) is 3.85. The van der Waals surface area contributed by atoms with Crippen molar-refractivity contribution in [3.05, 3.63) is 36.7 Å². The molecule has 3 nitrogen and oxygen atoms in total. The molecule has 3 heterocycles. The van der Waals surface area contributed by atoms with E-state index in [4.69, 9.17) is 0 Å². The largest absolute Gasteiger partial charge is 0.346 e. The second kappa shape index (κ2) is 1.88. The van der Waals surface area contributed by atoms with E-state index in [1.165, 1.54) is 5.39 Å². The molecular formula is C9H7N3. The van der Waals surface area contributed by atoms with Crippen molar-refractivity contribution in [3.8, 4) is 0 Å². The smallest absolute Gasteiger partial charge is 0.139 e. The molecule has 12 heavy (non-hydrogen) atoms. The molecule has 0 aliphatic rings. The molecule has 0 saturated carbocycles. The maximum absolute atomic E-state index is 4.20. The van der Waals surface area contributed by atoms with Gasteiger partial charge in [0.25, 0.3) is 0 Å². The highest BCUT2D eigenvalue weighted by Crippen LogP contribution is 2.13. The molecule has 0 aliphatic carbocycles. The molecule has 3 aromatic heterocycles. The molecule has 3 heteroatoms. The quantitative estimate of drug-likeness (QED) is 0.530. The second-order valence-electron chi connectivity index (χ2n) is 2.78. The number of hydrogen-bond donors (Lipinski definition) is 1. The fourth-order valence-electron chi connectivity index (χ4n) is 1.49. The lowest BCUT2D eigenvalue weighted by atomic mass is 10.3. The summed E-state index contributed by atoms with van der Waals surface area (Å²) in [5.74, 6) is 0. The predicted molar refractivity (Wildman–Crippen MR) is 47.0 cm³/mol. The number of nitrogens with one attached hydrogen (secondary N) is 1. The van der Waals surface area contributed by atoms with Crippen LogP contribution in [0.3, 0.4) is 0 Å². The number of pyridine rings is 1. The van der Waals surface area contributed by atoms with Crippen LogP contribution in [-0.4, -0.2) is 14.6 Å². The first kappa shape index (κ1) is 5.83. The van der Waals surface area contributed by atoms with Crippen LogP contribution in [0.4, 0.5) is 0 Å². The minimum atomic E-state index is 1.05. The van der Waals surface area contributed by atoms with Gasteiger partial charge in [0.05, 0.1) is 11.7 Å². The van der Waals surface area contributed by atoms with Crippen molar-refractivity contribution < 1.29 is 0 Å². The van der Waals surface area contributed by atoms with Crippen LogP contribution in [0.2, 0.25) is 0 Å². The van der Waals surface area contributed by atoms with Gasteiger partial charge in [0.1, 0.15) is 5.65 Å². The monoisotopic (exact) mass is 157 g/mol. The molecule has 1 N–H and O–H groups in total. The number of fused-ring (bicyclic) bond motifs is 3. The van der Waals surface area contributed by atoms with E-state index in [1.807, 2.05) is 22.8 Å². The van der Waals surface area contributed by atoms with Gasteiger partial charge in [-0.25, -0.2) is 4.52 Å². The van der Waals surface area contributed by atoms with E-state index in [2.05, 4.69) is 22.2 Å². The summed E-state index contributed by atoms with van der Waals surface area (Å²) in [6.07, 6.45) is 3.72. The predicted octanol–water partition coefficient (Wildman–Crippen LogP) is 1.82. The van der Waals surface area contributed by atoms with Crippen molar-refractivity contribution in [2.24, 2.45) is 0 Å². The number of hydrogen-bond acceptors (Lipinski definition) is 1. The number of H-pyrrole nitrogens is 1. The second-order valence-corrected chi connectivity index (χ2v) is 2.78. The van der Waals surface area contributed by atoms with Crippen LogP contribution < -0.4 is 0 Å². The average Bonchev–Trinajstić information content (AvgIpc) is 2.71. The van der Waals surface area contributed by atoms with Crippen LogP contribution in [0.25, 0.3) is 16.6 Å². The Morgan fingerprint density at radius 3 is 3.17 bits per heavy atom. The van der Waals surface area contributed by atoms with Crippen molar-refractivity contribution in [3.63, 3.8) is 0 Å². The van der Waals surface area contributed by atoms with E-state index < -0.39 is 0 Å². The summed E-state index contributed by atoms with van der Waals surface area (Å²) < 4.78 is 1.90. The lowest BCUT2D eigenvalue weighted by molar-refractivity contribution is 0.988. The Bertz CT molecular complexity index is 483. The van der Waals surface area contributed by atoms with E-state index in [0.717, 1.165) is 11.2 Å². The van der Waals surface area contributed by atoms with Crippen molar-refractivity contribution in [1.29, 1.82) is 0 Å². The van der Waals surface area contributed by atoms with Gasteiger partial charge >= 0.3 is 0 Å². The Morgan fingerprint density at radius 2 is 2.17 bits per heavy atom. The maximum atomic E-state index is 4.20. The van der Waals surface area contributed by atoms with E-state index in [0.29, 0.717) is 0 Å². The van der Waals surface area contributed by atoms with Gasteiger partial charge in [-0.05, 0) is 24.3 Å². The van der Waals surface area contributed by atoms with Gasteiger partial charge in [0.15, 0.2) is 0 Å². The highest BCUT2D eigenvalue weighted by atomic mass is 15.2. The minimum Gasteiger partial charge on any atom is -0.346 e. The summed E-state index contributed by atoms with van der Waals surface area (Å²) in [6, 6.07) is 8.17. The molecular weight excluding hydrogens is 150 g/mol. The van der Waals surface area contributed by atoms with E-state index in [9.17, 15) is 0 Å². The Hall–Kier alpha value is -1.77. The molecule has 0 spiro atoms. The van der Waals surface area contributed by atoms with Gasteiger partial charge in [0.2, 0.25) is 0 Å². The fourth-order valence-corrected chi connectivity index (χ4v) is 1.49. The number of aromatic amines is 1. The van der Waals surface area contributed by atoms with Gasteiger partial charge in [-0.1, -0.05) is 0 Å². The highest BCUT2D eigenvalue weighted by molar-refractivity contribution is 5.79. The number of aromatic nitrogens is 3. The van der Waals surface area contributed by atoms with E-state index in [1.54, 1.807) is 6.20 Å². The summed E-state index contributed by atoms with van der Waals surface area (Å²) in [6.45, 7) is 0. The van der Waals surface area contributed by atoms with Gasteiger partial charge in [0, 0.05) is 11.6 Å². The first-order chi connectivity index (χ1) is 5.95. The fraction of sp³-hybridized carbons (Fsp3) is 0. The Morgan fingerprint density at radius 1 is 1.17 bits per heavy atom. The average molecular weight is 157 g/mol. The summed E-state index contributed by atoms with van der Waals surface area (Å²) in [5, 5.41) is 5.39. The van der Waals surface area contributed by atoms with Crippen molar-refractivity contribution >= 4 is 16.6 Å². The molecule has 0 aromatic carbocycles. The molecule has 0 unspecified atom stereocenters. The third kappa shape index (κ3) is 0.580. The van der Waals surface area contributed by atoms with Gasteiger partial charge in [-0.3, -0.25) is 0 Å². The molecule has 0 radical (unpaired) electrons. The lowest BCUT2D eigenvalue weighted by Crippen LogP contribution is -1.87. The minimum absolute atomic E-state index is 1.05. The van der Waals surface area contributed by atoms with Gasteiger partial charge < -0.3 is 4.98 Å². The Kier molecular flexibility index (Phi) is 0.913. The Labute approximate surface area is 68.6 Å². The molecule has 0 atom stereocenters. The van der Waals surface area contributed by atoms with Crippen molar-refractivity contribution in [2.45, 2.75) is 0 Å². The van der Waals surface area contributed by atoms with Crippen LogP contribution in [-0.2, 0) is 0 Å². The zero-order valence-electron chi connectivity index (χ0n) is 6.36. The topological polar surface area (TPSA) is 33.1 Å². The van der Waals surface area contributed by atoms with Gasteiger partial charge in [-0.15, -0.1) is 0 Å². The normalized spacial score (nSPS) is 11.3. The number of nitrogens with zero attached hydrogens (tertiary/aromatic N) is 2. The van der Waals surface area contributed by atoms with Gasteiger partial charge in [-0.2, -0.15) is 5.10 Å². The Balaban J connectivity index is 2.71. The summed E-state index contributed by atoms with van der Waals surface area (Å²) in [7, 11) is 0. The molecule has 0 fully saturated rings. The molecule has 0 aliphatic heterocycles. The highest BCUT2D eigenvalue weighted by Gasteiger charge is 1.99. The molecule has 0 bridgehead atoms. The van der Waals surface area contributed by atoms with Crippen LogP contribution in [0.15, 0.2) is 36.7 Å². The molecule has 3 aromatic rings. The summed E-state index contributed by atoms with van der Waals surface area (Å²) >= 11 is 0. The van der Waals surface area contributed by atoms with E-state index >= 15 is 0 Å². The molecule has 3 rings (SSSR count). The van der Waals surface area contributed by atoms with Crippen LogP contribution in [0, 0.1) is 0 Å². The maximum Gasteiger partial charge on any atom is 0.139 e. The van der Waals surface area contributed by atoms with Crippen molar-refractivity contribution in [1.82, 2.24) is 14.6 Å². The van der Waals surface area contributed by atoms with Crippen LogP contribution >= 0.6 is 0 Å². The summed E-state index contributed by atoms with van der Waals surface area (Å²) in [5.41, 5.74) is 2.17.